The van der Waals surface area contributed by atoms with Crippen LogP contribution in [0, 0.1) is 0 Å². The van der Waals surface area contributed by atoms with Crippen LogP contribution in [0.4, 0.5) is 5.82 Å². The number of hydrogen-bond donors (Lipinski definition) is 2. The number of rotatable bonds is 6. The van der Waals surface area contributed by atoms with E-state index < -0.39 is 0 Å². The molecule has 1 aromatic carbocycles. The topological polar surface area (TPSA) is 79.5 Å². The molecule has 1 aliphatic rings. The molecule has 1 aliphatic heterocycles. The molecule has 29 heavy (non-hydrogen) atoms. The minimum atomic E-state index is -0.180. The summed E-state index contributed by atoms with van der Waals surface area (Å²) >= 11 is 0. The molecule has 0 bridgehead atoms. The van der Waals surface area contributed by atoms with Crippen LogP contribution in [0.15, 0.2) is 30.5 Å². The number of aromatic nitrogens is 2. The first-order valence-corrected chi connectivity index (χ1v) is 9.84. The molecule has 3 heterocycles. The lowest BCUT2D eigenvalue weighted by molar-refractivity contribution is 0.0946. The Kier molecular flexibility index (Phi) is 5.05. The fourth-order valence-corrected chi connectivity index (χ4v) is 3.59. The highest BCUT2D eigenvalue weighted by Crippen LogP contribution is 2.41. The second kappa shape index (κ2) is 7.66. The first-order chi connectivity index (χ1) is 14.0. The highest BCUT2D eigenvalue weighted by Gasteiger charge is 2.26. The summed E-state index contributed by atoms with van der Waals surface area (Å²) in [4.78, 5) is 22.3. The van der Waals surface area contributed by atoms with Gasteiger partial charge in [0.05, 0.1) is 12.1 Å². The fraction of sp³-hybridized carbons (Fsp3) is 0.364. The van der Waals surface area contributed by atoms with Crippen molar-refractivity contribution in [2.24, 2.45) is 0 Å². The molecule has 152 valence electrons. The average Bonchev–Trinajstić information content (AvgIpc) is 3.30. The molecule has 0 radical (unpaired) electrons. The van der Waals surface area contributed by atoms with Crippen molar-refractivity contribution in [2.45, 2.75) is 32.9 Å². The summed E-state index contributed by atoms with van der Waals surface area (Å²) in [6, 6.07) is 7.75. The zero-order valence-corrected chi connectivity index (χ0v) is 17.2. The van der Waals surface area contributed by atoms with E-state index in [1.54, 1.807) is 6.20 Å². The summed E-state index contributed by atoms with van der Waals surface area (Å²) in [7, 11) is 3.88. The quantitative estimate of drug-likeness (QED) is 0.671. The van der Waals surface area contributed by atoms with E-state index in [0.29, 0.717) is 18.8 Å². The lowest BCUT2D eigenvalue weighted by Crippen LogP contribution is -2.23. The number of pyridine rings is 1. The van der Waals surface area contributed by atoms with Crippen LogP contribution in [0.1, 0.15) is 35.5 Å². The van der Waals surface area contributed by atoms with Crippen molar-refractivity contribution in [3.8, 4) is 11.5 Å². The van der Waals surface area contributed by atoms with Crippen molar-refractivity contribution < 1.29 is 14.3 Å². The van der Waals surface area contributed by atoms with Crippen molar-refractivity contribution >= 4 is 22.6 Å². The molecule has 3 aromatic rings. The SMILES string of the molecule is CCOc1cc2c(c3[nH]c(C(=O)NCc4ccc(N(C)C)nc4)cc13)OC(C)C2. The largest absolute Gasteiger partial charge is 0.493 e. The minimum absolute atomic E-state index is 0.114. The Bertz CT molecular complexity index is 1040. The van der Waals surface area contributed by atoms with Crippen LogP contribution in [-0.4, -0.2) is 42.7 Å². The molecule has 1 amide bonds. The van der Waals surface area contributed by atoms with Gasteiger partial charge in [-0.1, -0.05) is 6.07 Å². The highest BCUT2D eigenvalue weighted by atomic mass is 16.5. The van der Waals surface area contributed by atoms with Crippen molar-refractivity contribution in [3.05, 3.63) is 47.3 Å². The average molecular weight is 394 g/mol. The second-order valence-electron chi connectivity index (χ2n) is 7.50. The van der Waals surface area contributed by atoms with Crippen LogP contribution >= 0.6 is 0 Å². The third-order valence-electron chi connectivity index (χ3n) is 5.00. The summed E-state index contributed by atoms with van der Waals surface area (Å²) in [5, 5.41) is 3.81. The summed E-state index contributed by atoms with van der Waals surface area (Å²) in [6.45, 7) is 4.96. The Morgan fingerprint density at radius 3 is 2.90 bits per heavy atom. The number of carbonyl (C=O) groups is 1. The number of amides is 1. The Labute approximate surface area is 170 Å². The lowest BCUT2D eigenvalue weighted by Gasteiger charge is -2.11. The number of carbonyl (C=O) groups excluding carboxylic acids is 1. The number of nitrogens with zero attached hydrogens (tertiary/aromatic N) is 2. The zero-order chi connectivity index (χ0) is 20.5. The Balaban J connectivity index is 1.56. The number of nitrogens with one attached hydrogen (secondary N) is 2. The molecule has 7 heteroatoms. The number of anilines is 1. The summed E-state index contributed by atoms with van der Waals surface area (Å²) in [5.74, 6) is 2.29. The van der Waals surface area contributed by atoms with Gasteiger partial charge >= 0.3 is 0 Å². The van der Waals surface area contributed by atoms with E-state index >= 15 is 0 Å². The Morgan fingerprint density at radius 2 is 2.21 bits per heavy atom. The van der Waals surface area contributed by atoms with Gasteiger partial charge in [-0.15, -0.1) is 0 Å². The number of aromatic amines is 1. The number of H-pyrrole nitrogens is 1. The van der Waals surface area contributed by atoms with Gasteiger partial charge in [-0.25, -0.2) is 4.98 Å². The zero-order valence-electron chi connectivity index (χ0n) is 17.2. The lowest BCUT2D eigenvalue weighted by atomic mass is 10.1. The smallest absolute Gasteiger partial charge is 0.268 e. The van der Waals surface area contributed by atoms with Gasteiger partial charge in [0, 0.05) is 44.2 Å². The number of hydrogen-bond acceptors (Lipinski definition) is 5. The van der Waals surface area contributed by atoms with Gasteiger partial charge in [-0.3, -0.25) is 4.79 Å². The van der Waals surface area contributed by atoms with Crippen LogP contribution in [0.3, 0.4) is 0 Å². The van der Waals surface area contributed by atoms with E-state index in [1.165, 1.54) is 0 Å². The van der Waals surface area contributed by atoms with Crippen molar-refractivity contribution in [1.82, 2.24) is 15.3 Å². The van der Waals surface area contributed by atoms with Crippen LogP contribution in [0.25, 0.3) is 10.9 Å². The highest BCUT2D eigenvalue weighted by molar-refractivity contribution is 6.02. The Morgan fingerprint density at radius 1 is 1.38 bits per heavy atom. The predicted octanol–water partition coefficient (Wildman–Crippen LogP) is 3.28. The van der Waals surface area contributed by atoms with Crippen LogP contribution in [0.5, 0.6) is 11.5 Å². The van der Waals surface area contributed by atoms with E-state index in [0.717, 1.165) is 45.8 Å². The Hall–Kier alpha value is -3.22. The van der Waals surface area contributed by atoms with Gasteiger partial charge in [0.2, 0.25) is 0 Å². The first-order valence-electron chi connectivity index (χ1n) is 9.84. The van der Waals surface area contributed by atoms with Crippen LogP contribution in [0.2, 0.25) is 0 Å². The molecule has 2 aromatic heterocycles. The van der Waals surface area contributed by atoms with E-state index in [2.05, 4.69) is 15.3 Å². The maximum absolute atomic E-state index is 12.7. The van der Waals surface area contributed by atoms with Gasteiger partial charge in [0.15, 0.2) is 0 Å². The molecule has 7 nitrogen and oxygen atoms in total. The van der Waals surface area contributed by atoms with Gasteiger partial charge < -0.3 is 24.7 Å². The van der Waals surface area contributed by atoms with Crippen LogP contribution < -0.4 is 19.7 Å². The van der Waals surface area contributed by atoms with E-state index in [9.17, 15) is 4.79 Å². The molecule has 4 rings (SSSR count). The maximum Gasteiger partial charge on any atom is 0.268 e. The van der Waals surface area contributed by atoms with Gasteiger partial charge in [0.1, 0.15) is 29.1 Å². The first kappa shape index (κ1) is 19.1. The van der Waals surface area contributed by atoms with E-state index in [-0.39, 0.29) is 12.0 Å². The molecule has 1 atom stereocenters. The van der Waals surface area contributed by atoms with Gasteiger partial charge in [-0.2, -0.15) is 0 Å². The monoisotopic (exact) mass is 394 g/mol. The third kappa shape index (κ3) is 3.72. The van der Waals surface area contributed by atoms with E-state index in [4.69, 9.17) is 9.47 Å². The van der Waals surface area contributed by atoms with E-state index in [1.807, 2.05) is 57.1 Å². The maximum atomic E-state index is 12.7. The van der Waals surface area contributed by atoms with Gasteiger partial charge in [0.25, 0.3) is 5.91 Å². The molecular formula is C22H26N4O3. The molecular weight excluding hydrogens is 368 g/mol. The number of ether oxygens (including phenoxy) is 2. The van der Waals surface area contributed by atoms with Crippen molar-refractivity contribution in [3.63, 3.8) is 0 Å². The molecule has 0 saturated carbocycles. The number of benzene rings is 1. The van der Waals surface area contributed by atoms with Gasteiger partial charge in [-0.05, 0) is 37.6 Å². The second-order valence-corrected chi connectivity index (χ2v) is 7.50. The summed E-state index contributed by atoms with van der Waals surface area (Å²) < 4.78 is 11.8. The van der Waals surface area contributed by atoms with Crippen molar-refractivity contribution in [1.29, 1.82) is 0 Å². The van der Waals surface area contributed by atoms with Crippen LogP contribution in [-0.2, 0) is 13.0 Å². The molecule has 2 N–H and O–H groups in total. The fourth-order valence-electron chi connectivity index (χ4n) is 3.59. The summed E-state index contributed by atoms with van der Waals surface area (Å²) in [6.07, 6.45) is 2.72. The summed E-state index contributed by atoms with van der Waals surface area (Å²) in [5.41, 5.74) is 3.34. The molecule has 0 aliphatic carbocycles. The number of fused-ring (bicyclic) bond motifs is 3. The predicted molar refractivity (Wildman–Crippen MR) is 113 cm³/mol. The molecule has 1 unspecified atom stereocenters. The minimum Gasteiger partial charge on any atom is -0.493 e. The van der Waals surface area contributed by atoms with Crippen molar-refractivity contribution in [2.75, 3.05) is 25.6 Å². The molecule has 0 spiro atoms. The normalized spacial score (nSPS) is 15.1. The third-order valence-corrected chi connectivity index (χ3v) is 5.00. The standard InChI is InChI=1S/C22H26N4O3/c1-5-28-18-9-15-8-13(2)29-21(15)20-16(18)10-17(25-20)22(27)24-12-14-6-7-19(23-11-14)26(3)4/h6-7,9-11,13,25H,5,8,12H2,1-4H3,(H,24,27). The molecule has 0 fully saturated rings. The molecule has 0 saturated heterocycles.